The number of hydrogen-bond acceptors (Lipinski definition) is 2. The third-order valence-corrected chi connectivity index (χ3v) is 2.99. The standard InChI is InChI=1S/C13H16FN3/c1-8(15)12-6-11(14)4-5-13(12)17-7-16-9(2)10(17)3/h4-8H,15H2,1-3H3/t8-/m0/s1. The molecule has 1 heterocycles. The number of nitrogens with zero attached hydrogens (tertiary/aromatic N) is 2. The molecule has 0 aliphatic carbocycles. The molecule has 1 aromatic carbocycles. The van der Waals surface area contributed by atoms with E-state index in [-0.39, 0.29) is 11.9 Å². The Morgan fingerprint density at radius 1 is 1.35 bits per heavy atom. The lowest BCUT2D eigenvalue weighted by Gasteiger charge is -2.14. The maximum absolute atomic E-state index is 13.2. The summed E-state index contributed by atoms with van der Waals surface area (Å²) in [5.41, 5.74) is 9.55. The number of imidazole rings is 1. The number of nitrogens with two attached hydrogens (primary N) is 1. The molecule has 0 aliphatic heterocycles. The summed E-state index contributed by atoms with van der Waals surface area (Å²) in [5, 5.41) is 0. The van der Waals surface area contributed by atoms with E-state index in [4.69, 9.17) is 5.73 Å². The Balaban J connectivity index is 2.63. The number of halogens is 1. The van der Waals surface area contributed by atoms with E-state index >= 15 is 0 Å². The van der Waals surface area contributed by atoms with Crippen molar-refractivity contribution in [3.63, 3.8) is 0 Å². The molecular formula is C13H16FN3. The van der Waals surface area contributed by atoms with Gasteiger partial charge in [0.15, 0.2) is 0 Å². The molecule has 1 aromatic heterocycles. The average Bonchev–Trinajstić information content (AvgIpc) is 2.60. The largest absolute Gasteiger partial charge is 0.324 e. The highest BCUT2D eigenvalue weighted by Crippen LogP contribution is 2.23. The van der Waals surface area contributed by atoms with E-state index < -0.39 is 0 Å². The van der Waals surface area contributed by atoms with Crippen molar-refractivity contribution in [3.05, 3.63) is 47.3 Å². The zero-order valence-electron chi connectivity index (χ0n) is 10.2. The molecule has 0 unspecified atom stereocenters. The van der Waals surface area contributed by atoms with Crippen LogP contribution in [0.4, 0.5) is 4.39 Å². The van der Waals surface area contributed by atoms with Crippen molar-refractivity contribution < 1.29 is 4.39 Å². The van der Waals surface area contributed by atoms with Gasteiger partial charge in [0.1, 0.15) is 5.82 Å². The lowest BCUT2D eigenvalue weighted by molar-refractivity contribution is 0.621. The van der Waals surface area contributed by atoms with Crippen LogP contribution in [0, 0.1) is 19.7 Å². The van der Waals surface area contributed by atoms with E-state index in [1.54, 1.807) is 12.4 Å². The molecule has 2 aromatic rings. The van der Waals surface area contributed by atoms with Crippen molar-refractivity contribution in [1.29, 1.82) is 0 Å². The van der Waals surface area contributed by atoms with Gasteiger partial charge in [0, 0.05) is 11.7 Å². The van der Waals surface area contributed by atoms with Crippen LogP contribution in [0.25, 0.3) is 5.69 Å². The first-order valence-corrected chi connectivity index (χ1v) is 5.56. The average molecular weight is 233 g/mol. The van der Waals surface area contributed by atoms with Crippen LogP contribution < -0.4 is 5.73 Å². The Morgan fingerprint density at radius 2 is 2.06 bits per heavy atom. The van der Waals surface area contributed by atoms with Crippen LogP contribution in [-0.2, 0) is 0 Å². The summed E-state index contributed by atoms with van der Waals surface area (Å²) in [6, 6.07) is 4.44. The van der Waals surface area contributed by atoms with Crippen molar-refractivity contribution in [2.45, 2.75) is 26.8 Å². The molecular weight excluding hydrogens is 217 g/mol. The Labute approximate surface area is 100 Å². The van der Waals surface area contributed by atoms with Gasteiger partial charge >= 0.3 is 0 Å². The van der Waals surface area contributed by atoms with E-state index in [1.165, 1.54) is 12.1 Å². The molecule has 17 heavy (non-hydrogen) atoms. The van der Waals surface area contributed by atoms with Crippen LogP contribution >= 0.6 is 0 Å². The van der Waals surface area contributed by atoms with Gasteiger partial charge in [-0.15, -0.1) is 0 Å². The molecule has 0 fully saturated rings. The fourth-order valence-corrected chi connectivity index (χ4v) is 1.85. The van der Waals surface area contributed by atoms with Crippen LogP contribution in [0.15, 0.2) is 24.5 Å². The van der Waals surface area contributed by atoms with Crippen LogP contribution in [0.5, 0.6) is 0 Å². The lowest BCUT2D eigenvalue weighted by Crippen LogP contribution is -2.10. The minimum absolute atomic E-state index is 0.220. The molecule has 1 atom stereocenters. The fraction of sp³-hybridized carbons (Fsp3) is 0.308. The molecule has 0 saturated heterocycles. The number of benzene rings is 1. The quantitative estimate of drug-likeness (QED) is 0.866. The third-order valence-electron chi connectivity index (χ3n) is 2.99. The maximum atomic E-state index is 13.2. The highest BCUT2D eigenvalue weighted by Gasteiger charge is 2.12. The van der Waals surface area contributed by atoms with Crippen LogP contribution in [0.1, 0.15) is 29.9 Å². The molecule has 3 nitrogen and oxygen atoms in total. The first-order valence-electron chi connectivity index (χ1n) is 5.56. The normalized spacial score (nSPS) is 12.8. The second kappa shape index (κ2) is 4.30. The van der Waals surface area contributed by atoms with Gasteiger partial charge in [-0.25, -0.2) is 9.37 Å². The summed E-state index contributed by atoms with van der Waals surface area (Å²) in [6.45, 7) is 5.77. The molecule has 90 valence electrons. The third kappa shape index (κ3) is 2.08. The summed E-state index contributed by atoms with van der Waals surface area (Å²) in [7, 11) is 0. The van der Waals surface area contributed by atoms with E-state index in [1.807, 2.05) is 25.3 Å². The zero-order valence-corrected chi connectivity index (χ0v) is 10.2. The van der Waals surface area contributed by atoms with Crippen molar-refractivity contribution in [3.8, 4) is 5.69 Å². The smallest absolute Gasteiger partial charge is 0.123 e. The van der Waals surface area contributed by atoms with E-state index in [9.17, 15) is 4.39 Å². The van der Waals surface area contributed by atoms with Crippen LogP contribution in [0.3, 0.4) is 0 Å². The second-order valence-electron chi connectivity index (χ2n) is 4.28. The fourth-order valence-electron chi connectivity index (χ4n) is 1.85. The molecule has 0 amide bonds. The van der Waals surface area contributed by atoms with E-state index in [0.29, 0.717) is 0 Å². The minimum atomic E-state index is -0.268. The molecule has 0 spiro atoms. The monoisotopic (exact) mass is 233 g/mol. The topological polar surface area (TPSA) is 43.8 Å². The van der Waals surface area contributed by atoms with Gasteiger partial charge in [-0.3, -0.25) is 0 Å². The Hall–Kier alpha value is -1.68. The molecule has 0 radical (unpaired) electrons. The summed E-state index contributed by atoms with van der Waals surface area (Å²) in [4.78, 5) is 4.24. The molecule has 4 heteroatoms. The first-order chi connectivity index (χ1) is 8.00. The Kier molecular flexibility index (Phi) is 2.98. The predicted octanol–water partition coefficient (Wildman–Crippen LogP) is 2.65. The number of aryl methyl sites for hydroxylation is 1. The van der Waals surface area contributed by atoms with Gasteiger partial charge in [0.05, 0.1) is 17.7 Å². The molecule has 2 rings (SSSR count). The molecule has 2 N–H and O–H groups in total. The summed E-state index contributed by atoms with van der Waals surface area (Å²) in [6.07, 6.45) is 1.74. The van der Waals surface area contributed by atoms with Gasteiger partial charge in [0.2, 0.25) is 0 Å². The summed E-state index contributed by atoms with van der Waals surface area (Å²) in [5.74, 6) is -0.268. The van der Waals surface area contributed by atoms with Crippen LogP contribution in [-0.4, -0.2) is 9.55 Å². The Morgan fingerprint density at radius 3 is 2.59 bits per heavy atom. The highest BCUT2D eigenvalue weighted by molar-refractivity contribution is 5.44. The molecule has 0 saturated carbocycles. The second-order valence-corrected chi connectivity index (χ2v) is 4.28. The van der Waals surface area contributed by atoms with Gasteiger partial charge in [-0.2, -0.15) is 0 Å². The predicted molar refractivity (Wildman–Crippen MR) is 65.6 cm³/mol. The number of rotatable bonds is 2. The van der Waals surface area contributed by atoms with E-state index in [0.717, 1.165) is 22.6 Å². The zero-order chi connectivity index (χ0) is 12.6. The van der Waals surface area contributed by atoms with Gasteiger partial charge in [-0.1, -0.05) is 0 Å². The van der Waals surface area contributed by atoms with Crippen molar-refractivity contribution in [2.75, 3.05) is 0 Å². The van der Waals surface area contributed by atoms with Crippen molar-refractivity contribution in [2.24, 2.45) is 5.73 Å². The minimum Gasteiger partial charge on any atom is -0.324 e. The summed E-state index contributed by atoms with van der Waals surface area (Å²) >= 11 is 0. The Bertz CT molecular complexity index is 544. The summed E-state index contributed by atoms with van der Waals surface area (Å²) < 4.78 is 15.2. The first kappa shape index (κ1) is 11.8. The van der Waals surface area contributed by atoms with Gasteiger partial charge in [0.25, 0.3) is 0 Å². The highest BCUT2D eigenvalue weighted by atomic mass is 19.1. The number of hydrogen-bond donors (Lipinski definition) is 1. The maximum Gasteiger partial charge on any atom is 0.123 e. The van der Waals surface area contributed by atoms with Gasteiger partial charge < -0.3 is 10.3 Å². The van der Waals surface area contributed by atoms with Gasteiger partial charge in [-0.05, 0) is 44.5 Å². The van der Waals surface area contributed by atoms with Crippen LogP contribution in [0.2, 0.25) is 0 Å². The number of aromatic nitrogens is 2. The van der Waals surface area contributed by atoms with E-state index in [2.05, 4.69) is 4.98 Å². The molecule has 0 aliphatic rings. The lowest BCUT2D eigenvalue weighted by atomic mass is 10.1. The SMILES string of the molecule is Cc1ncn(-c2ccc(F)cc2[C@H](C)N)c1C. The molecule has 0 bridgehead atoms. The van der Waals surface area contributed by atoms with Crippen molar-refractivity contribution in [1.82, 2.24) is 9.55 Å². The van der Waals surface area contributed by atoms with Crippen molar-refractivity contribution >= 4 is 0 Å².